The van der Waals surface area contributed by atoms with Crippen molar-refractivity contribution in [2.24, 2.45) is 11.5 Å². The smallest absolute Gasteiger partial charge is 0.354 e. The van der Waals surface area contributed by atoms with Gasteiger partial charge in [0.15, 0.2) is 11.9 Å². The summed E-state index contributed by atoms with van der Waals surface area (Å²) in [5.41, 5.74) is 14.0. The molecular formula is C23H34N10O. The van der Waals surface area contributed by atoms with E-state index in [0.29, 0.717) is 18.7 Å². The maximum Gasteiger partial charge on any atom is 0.354 e. The molecule has 9 N–H and O–H groups in total. The Morgan fingerprint density at radius 3 is 2.26 bits per heavy atom. The lowest BCUT2D eigenvalue weighted by molar-refractivity contribution is 0.259. The van der Waals surface area contributed by atoms with Gasteiger partial charge in [-0.3, -0.25) is 20.3 Å². The second-order valence-corrected chi connectivity index (χ2v) is 8.18. The Morgan fingerprint density at radius 1 is 1.09 bits per heavy atom. The molecule has 3 rings (SSSR count). The van der Waals surface area contributed by atoms with Gasteiger partial charge >= 0.3 is 5.69 Å². The first kappa shape index (κ1) is 24.8. The standard InChI is InChI=1S/C23H34N10O/c1-2-18-13-17-15-33(23(34)31-20(17)30-18)19-7-5-16(6-8-19)14-32(11-3-9-28-21(24)25)12-4-10-29-22(26)27/h5-8,13,15H,2-4,9-12,14H2,1H3,(H4,24,25,28)(H4,26,27,29)(H,30,31,34). The number of guanidine groups is 2. The van der Waals surface area contributed by atoms with Crippen LogP contribution in [0.5, 0.6) is 0 Å². The van der Waals surface area contributed by atoms with Crippen molar-refractivity contribution in [3.05, 3.63) is 58.3 Å². The Morgan fingerprint density at radius 2 is 1.71 bits per heavy atom. The summed E-state index contributed by atoms with van der Waals surface area (Å²) in [6.45, 7) is 5.72. The average Bonchev–Trinajstić information content (AvgIpc) is 3.21. The van der Waals surface area contributed by atoms with Gasteiger partial charge in [0.1, 0.15) is 5.65 Å². The largest absolute Gasteiger partial charge is 0.370 e. The molecule has 34 heavy (non-hydrogen) atoms. The van der Waals surface area contributed by atoms with Crippen LogP contribution in [0.2, 0.25) is 0 Å². The van der Waals surface area contributed by atoms with E-state index in [1.807, 2.05) is 36.5 Å². The van der Waals surface area contributed by atoms with E-state index >= 15 is 0 Å². The number of rotatable bonds is 12. The zero-order chi connectivity index (χ0) is 24.5. The first-order chi connectivity index (χ1) is 16.4. The fourth-order valence-electron chi connectivity index (χ4n) is 3.77. The number of hydrogen-bond donors (Lipinski definition) is 7. The summed E-state index contributed by atoms with van der Waals surface area (Å²) in [6.07, 6.45) is 4.36. The molecule has 0 saturated carbocycles. The average molecular weight is 467 g/mol. The number of aromatic nitrogens is 3. The van der Waals surface area contributed by atoms with Crippen LogP contribution in [-0.2, 0) is 13.0 Å². The van der Waals surface area contributed by atoms with Gasteiger partial charge in [-0.2, -0.15) is 4.98 Å². The lowest BCUT2D eigenvalue weighted by Crippen LogP contribution is -2.35. The van der Waals surface area contributed by atoms with Crippen LogP contribution in [0.1, 0.15) is 31.0 Å². The maximum absolute atomic E-state index is 12.5. The summed E-state index contributed by atoms with van der Waals surface area (Å²) in [5, 5.41) is 21.1. The molecule has 0 spiro atoms. The summed E-state index contributed by atoms with van der Waals surface area (Å²) in [5.74, 6) is -0.0532. The van der Waals surface area contributed by atoms with E-state index < -0.39 is 0 Å². The molecule has 3 aromatic rings. The van der Waals surface area contributed by atoms with Gasteiger partial charge in [0.05, 0.1) is 5.69 Å². The number of aryl methyl sites for hydroxylation is 1. The van der Waals surface area contributed by atoms with E-state index in [4.69, 9.17) is 22.3 Å². The topological polar surface area (TPSA) is 178 Å². The summed E-state index contributed by atoms with van der Waals surface area (Å²) < 4.78 is 1.57. The number of hydrogen-bond acceptors (Lipinski definition) is 5. The summed E-state index contributed by atoms with van der Waals surface area (Å²) in [4.78, 5) is 22.2. The molecule has 0 saturated heterocycles. The quantitative estimate of drug-likeness (QED) is 0.117. The molecule has 2 aromatic heterocycles. The second kappa shape index (κ2) is 11.8. The van der Waals surface area contributed by atoms with E-state index in [0.717, 1.165) is 61.2 Å². The Kier molecular flexibility index (Phi) is 8.63. The molecule has 0 aliphatic heterocycles. The van der Waals surface area contributed by atoms with Crippen LogP contribution in [-0.4, -0.2) is 57.5 Å². The number of fused-ring (bicyclic) bond motifs is 1. The van der Waals surface area contributed by atoms with E-state index in [1.54, 1.807) is 4.57 Å². The highest BCUT2D eigenvalue weighted by molar-refractivity contribution is 5.76. The van der Waals surface area contributed by atoms with Crippen LogP contribution in [0.3, 0.4) is 0 Å². The molecule has 182 valence electrons. The summed E-state index contributed by atoms with van der Waals surface area (Å²) >= 11 is 0. The monoisotopic (exact) mass is 466 g/mol. The minimum Gasteiger partial charge on any atom is -0.370 e. The van der Waals surface area contributed by atoms with E-state index in [9.17, 15) is 4.79 Å². The van der Waals surface area contributed by atoms with Gasteiger partial charge in [-0.05, 0) is 43.0 Å². The van der Waals surface area contributed by atoms with Crippen LogP contribution in [0.15, 0.2) is 41.3 Å². The van der Waals surface area contributed by atoms with Crippen molar-refractivity contribution < 1.29 is 0 Å². The summed E-state index contributed by atoms with van der Waals surface area (Å²) in [6, 6.07) is 9.94. The molecule has 0 aliphatic rings. The van der Waals surface area contributed by atoms with Crippen molar-refractivity contribution in [2.75, 3.05) is 26.2 Å². The number of aromatic amines is 1. The van der Waals surface area contributed by atoms with Gasteiger partial charge in [0.2, 0.25) is 0 Å². The fourth-order valence-corrected chi connectivity index (χ4v) is 3.77. The molecule has 0 unspecified atom stereocenters. The Bertz CT molecular complexity index is 1140. The minimum absolute atomic E-state index is 0.0266. The molecule has 1 aromatic carbocycles. The van der Waals surface area contributed by atoms with E-state index in [1.165, 1.54) is 0 Å². The number of benzene rings is 1. The number of nitrogens with zero attached hydrogens (tertiary/aromatic N) is 3. The van der Waals surface area contributed by atoms with Gasteiger partial charge in [0.25, 0.3) is 0 Å². The number of nitrogens with one attached hydrogen (secondary N) is 5. The van der Waals surface area contributed by atoms with Gasteiger partial charge in [-0.25, -0.2) is 4.79 Å². The molecular weight excluding hydrogens is 432 g/mol. The van der Waals surface area contributed by atoms with Gasteiger partial charge < -0.3 is 27.1 Å². The number of nitrogens with two attached hydrogens (primary N) is 2. The maximum atomic E-state index is 12.5. The third-order valence-corrected chi connectivity index (χ3v) is 5.50. The van der Waals surface area contributed by atoms with Crippen molar-refractivity contribution in [3.8, 4) is 5.69 Å². The van der Waals surface area contributed by atoms with Crippen molar-refractivity contribution in [1.82, 2.24) is 30.1 Å². The SMILES string of the molecule is CCc1cc2cn(-c3ccc(CN(CCCNC(=N)N)CCCNC(=N)N)cc3)c(=O)nc2[nH]1. The van der Waals surface area contributed by atoms with E-state index in [2.05, 4.69) is 32.4 Å². The van der Waals surface area contributed by atoms with Crippen molar-refractivity contribution in [1.29, 1.82) is 10.8 Å². The Hall–Kier alpha value is -3.86. The third-order valence-electron chi connectivity index (χ3n) is 5.50. The molecule has 2 heterocycles. The highest BCUT2D eigenvalue weighted by Crippen LogP contribution is 2.15. The molecule has 0 amide bonds. The van der Waals surface area contributed by atoms with Crippen LogP contribution in [0.4, 0.5) is 0 Å². The third kappa shape index (κ3) is 7.07. The lowest BCUT2D eigenvalue weighted by atomic mass is 10.1. The lowest BCUT2D eigenvalue weighted by Gasteiger charge is -2.23. The van der Waals surface area contributed by atoms with Gasteiger partial charge in [0, 0.05) is 50.0 Å². The predicted molar refractivity (Wildman–Crippen MR) is 135 cm³/mol. The molecule has 11 nitrogen and oxygen atoms in total. The highest BCUT2D eigenvalue weighted by atomic mass is 16.1. The first-order valence-electron chi connectivity index (χ1n) is 11.4. The zero-order valence-corrected chi connectivity index (χ0v) is 19.5. The molecule has 0 bridgehead atoms. The Balaban J connectivity index is 1.67. The van der Waals surface area contributed by atoms with Crippen molar-refractivity contribution in [2.45, 2.75) is 32.7 Å². The highest BCUT2D eigenvalue weighted by Gasteiger charge is 2.09. The first-order valence-corrected chi connectivity index (χ1v) is 11.4. The van der Waals surface area contributed by atoms with Gasteiger partial charge in [-0.1, -0.05) is 19.1 Å². The fraction of sp³-hybridized carbons (Fsp3) is 0.391. The molecule has 0 aliphatic carbocycles. The minimum atomic E-state index is -0.317. The second-order valence-electron chi connectivity index (χ2n) is 8.18. The molecule has 0 radical (unpaired) electrons. The van der Waals surface area contributed by atoms with Crippen molar-refractivity contribution in [3.63, 3.8) is 0 Å². The Labute approximate surface area is 198 Å². The van der Waals surface area contributed by atoms with E-state index in [-0.39, 0.29) is 17.6 Å². The van der Waals surface area contributed by atoms with Gasteiger partial charge in [-0.15, -0.1) is 0 Å². The van der Waals surface area contributed by atoms with Crippen LogP contribution in [0.25, 0.3) is 16.7 Å². The molecule has 11 heteroatoms. The van der Waals surface area contributed by atoms with Crippen LogP contribution < -0.4 is 27.8 Å². The van der Waals surface area contributed by atoms with Crippen LogP contribution in [0, 0.1) is 10.8 Å². The van der Waals surface area contributed by atoms with Crippen LogP contribution >= 0.6 is 0 Å². The normalized spacial score (nSPS) is 11.1. The summed E-state index contributed by atoms with van der Waals surface area (Å²) in [7, 11) is 0. The van der Waals surface area contributed by atoms with Crippen molar-refractivity contribution >= 4 is 23.0 Å². The number of H-pyrrole nitrogens is 1. The molecule has 0 atom stereocenters. The zero-order valence-electron chi connectivity index (χ0n) is 19.5. The molecule has 0 fully saturated rings. The predicted octanol–water partition coefficient (Wildman–Crippen LogP) is 0.825.